The second-order valence-corrected chi connectivity index (χ2v) is 12.2. The molecule has 0 N–H and O–H groups in total. The SMILES string of the molecule is C1CSC2=C(O1)SC(=C1SC3=C(SCCS3)S1)S2. The maximum absolute atomic E-state index is 5.73. The van der Waals surface area contributed by atoms with Crippen molar-refractivity contribution in [3.63, 3.8) is 0 Å². The lowest BCUT2D eigenvalue weighted by atomic mass is 10.8. The fraction of sp³-hybridized carbons (Fsp3) is 0.400. The van der Waals surface area contributed by atoms with Crippen LogP contribution in [0.25, 0.3) is 0 Å². The number of thioether (sulfide) groups is 7. The summed E-state index contributed by atoms with van der Waals surface area (Å²) in [5.41, 5.74) is 0. The maximum atomic E-state index is 5.73. The maximum Gasteiger partial charge on any atom is 0.178 e. The molecule has 0 saturated carbocycles. The van der Waals surface area contributed by atoms with Gasteiger partial charge < -0.3 is 4.74 Å². The van der Waals surface area contributed by atoms with Gasteiger partial charge in [0.05, 0.1) is 27.8 Å². The molecule has 0 bridgehead atoms. The number of hydrogen-bond acceptors (Lipinski definition) is 8. The Morgan fingerprint density at radius 1 is 0.611 bits per heavy atom. The lowest BCUT2D eigenvalue weighted by Crippen LogP contribution is -2.00. The first-order valence-electron chi connectivity index (χ1n) is 5.35. The molecule has 0 fully saturated rings. The highest BCUT2D eigenvalue weighted by atomic mass is 32.3. The van der Waals surface area contributed by atoms with Crippen molar-refractivity contribution >= 4 is 82.3 Å². The topological polar surface area (TPSA) is 9.23 Å². The smallest absolute Gasteiger partial charge is 0.178 e. The highest BCUT2D eigenvalue weighted by Gasteiger charge is 2.33. The van der Waals surface area contributed by atoms with Crippen LogP contribution in [0.5, 0.6) is 0 Å². The summed E-state index contributed by atoms with van der Waals surface area (Å²) in [6, 6.07) is 0. The molecular weight excluding hydrogens is 361 g/mol. The van der Waals surface area contributed by atoms with Crippen LogP contribution < -0.4 is 0 Å². The molecule has 0 aliphatic carbocycles. The zero-order valence-electron chi connectivity index (χ0n) is 9.09. The highest BCUT2D eigenvalue weighted by molar-refractivity contribution is 8.43. The van der Waals surface area contributed by atoms with Crippen LogP contribution in [0, 0.1) is 0 Å². The first-order chi connectivity index (χ1) is 8.90. The lowest BCUT2D eigenvalue weighted by Gasteiger charge is -2.11. The molecule has 0 aromatic rings. The molecule has 18 heavy (non-hydrogen) atoms. The Morgan fingerprint density at radius 3 is 1.94 bits per heavy atom. The predicted octanol–water partition coefficient (Wildman–Crippen LogP) is 5.57. The quantitative estimate of drug-likeness (QED) is 0.542. The summed E-state index contributed by atoms with van der Waals surface area (Å²) in [6.45, 7) is 0.862. The highest BCUT2D eigenvalue weighted by Crippen LogP contribution is 2.66. The van der Waals surface area contributed by atoms with Crippen molar-refractivity contribution in [2.45, 2.75) is 0 Å². The minimum Gasteiger partial charge on any atom is -0.484 e. The van der Waals surface area contributed by atoms with Crippen LogP contribution in [0.2, 0.25) is 0 Å². The van der Waals surface area contributed by atoms with Gasteiger partial charge in [-0.2, -0.15) is 0 Å². The van der Waals surface area contributed by atoms with Gasteiger partial charge in [0.1, 0.15) is 0 Å². The molecule has 4 aliphatic heterocycles. The average molecular weight is 369 g/mol. The molecule has 4 heterocycles. The number of ether oxygens (including phenoxy) is 1. The molecule has 0 saturated heterocycles. The summed E-state index contributed by atoms with van der Waals surface area (Å²) in [5, 5.41) is 1.14. The van der Waals surface area contributed by atoms with E-state index in [1.807, 2.05) is 82.3 Å². The van der Waals surface area contributed by atoms with Crippen molar-refractivity contribution in [2.75, 3.05) is 23.9 Å². The third kappa shape index (κ3) is 2.51. The fourth-order valence-corrected chi connectivity index (χ4v) is 11.7. The predicted molar refractivity (Wildman–Crippen MR) is 94.8 cm³/mol. The molecule has 8 heteroatoms. The standard InChI is InChI=1S/C10H8OS7/c1-2-12-6-5(11-1)15-9(16-6)10-17-7-8(18-10)14-4-3-13-7/h1-4H2. The minimum atomic E-state index is 0.862. The van der Waals surface area contributed by atoms with Gasteiger partial charge in [-0.1, -0.05) is 35.3 Å². The number of rotatable bonds is 0. The Kier molecular flexibility index (Phi) is 4.16. The molecule has 1 nitrogen and oxygen atoms in total. The van der Waals surface area contributed by atoms with Gasteiger partial charge in [-0.05, 0) is 11.8 Å². The summed E-state index contributed by atoms with van der Waals surface area (Å²) in [4.78, 5) is 0. The summed E-state index contributed by atoms with van der Waals surface area (Å²) in [7, 11) is 0. The molecule has 0 atom stereocenters. The molecule has 0 aromatic heterocycles. The normalized spacial score (nSPS) is 27.6. The van der Waals surface area contributed by atoms with Gasteiger partial charge in [-0.15, -0.1) is 35.3 Å². The first-order valence-corrected chi connectivity index (χ1v) is 11.6. The monoisotopic (exact) mass is 368 g/mol. The molecular formula is C10H8OS7. The average Bonchev–Trinajstić information content (AvgIpc) is 3.02. The minimum absolute atomic E-state index is 0.862. The third-order valence-electron chi connectivity index (χ3n) is 2.34. The molecule has 0 unspecified atom stereocenters. The van der Waals surface area contributed by atoms with Crippen LogP contribution in [0.15, 0.2) is 26.3 Å². The van der Waals surface area contributed by atoms with Crippen molar-refractivity contribution < 1.29 is 4.74 Å². The van der Waals surface area contributed by atoms with Crippen LogP contribution in [0.3, 0.4) is 0 Å². The molecule has 4 rings (SSSR count). The molecule has 96 valence electrons. The molecule has 0 aromatic carbocycles. The van der Waals surface area contributed by atoms with Crippen molar-refractivity contribution in [1.82, 2.24) is 0 Å². The van der Waals surface area contributed by atoms with Crippen molar-refractivity contribution in [2.24, 2.45) is 0 Å². The Morgan fingerprint density at radius 2 is 1.22 bits per heavy atom. The molecule has 0 radical (unpaired) electrons. The van der Waals surface area contributed by atoms with E-state index in [4.69, 9.17) is 4.74 Å². The zero-order valence-corrected chi connectivity index (χ0v) is 14.8. The van der Waals surface area contributed by atoms with E-state index < -0.39 is 0 Å². The Balaban J connectivity index is 1.54. The third-order valence-corrected chi connectivity index (χ3v) is 12.5. The van der Waals surface area contributed by atoms with Crippen LogP contribution in [0.4, 0.5) is 0 Å². The van der Waals surface area contributed by atoms with E-state index in [9.17, 15) is 0 Å². The van der Waals surface area contributed by atoms with Gasteiger partial charge in [0.25, 0.3) is 0 Å². The lowest BCUT2D eigenvalue weighted by molar-refractivity contribution is 0.259. The van der Waals surface area contributed by atoms with Crippen LogP contribution in [-0.4, -0.2) is 23.9 Å². The van der Waals surface area contributed by atoms with Crippen molar-refractivity contribution in [3.8, 4) is 0 Å². The first kappa shape index (κ1) is 13.2. The zero-order chi connectivity index (χ0) is 11.9. The van der Waals surface area contributed by atoms with E-state index in [0.29, 0.717) is 0 Å². The van der Waals surface area contributed by atoms with Gasteiger partial charge in [-0.25, -0.2) is 0 Å². The van der Waals surface area contributed by atoms with Gasteiger partial charge >= 0.3 is 0 Å². The van der Waals surface area contributed by atoms with E-state index in [1.54, 1.807) is 0 Å². The van der Waals surface area contributed by atoms with Gasteiger partial charge in [0.2, 0.25) is 0 Å². The molecule has 4 aliphatic rings. The van der Waals surface area contributed by atoms with Gasteiger partial charge in [-0.3, -0.25) is 0 Å². The Bertz CT molecular complexity index is 408. The number of hydrogen-bond donors (Lipinski definition) is 0. The summed E-state index contributed by atoms with van der Waals surface area (Å²) in [5.74, 6) is 3.61. The van der Waals surface area contributed by atoms with E-state index in [1.165, 1.54) is 32.7 Å². The second kappa shape index (κ2) is 5.69. The van der Waals surface area contributed by atoms with Gasteiger partial charge in [0, 0.05) is 17.3 Å². The molecule has 0 spiro atoms. The summed E-state index contributed by atoms with van der Waals surface area (Å²) < 4.78 is 13.1. The second-order valence-electron chi connectivity index (χ2n) is 3.53. The largest absolute Gasteiger partial charge is 0.484 e. The van der Waals surface area contributed by atoms with E-state index >= 15 is 0 Å². The van der Waals surface area contributed by atoms with Crippen LogP contribution in [-0.2, 0) is 4.74 Å². The van der Waals surface area contributed by atoms with Crippen LogP contribution >= 0.6 is 82.3 Å². The summed E-state index contributed by atoms with van der Waals surface area (Å²) >= 11 is 13.7. The Hall–Kier alpha value is 1.47. The van der Waals surface area contributed by atoms with Crippen LogP contribution in [0.1, 0.15) is 0 Å². The summed E-state index contributed by atoms with van der Waals surface area (Å²) in [6.07, 6.45) is 0. The fourth-order valence-electron chi connectivity index (χ4n) is 1.60. The molecule has 0 amide bonds. The van der Waals surface area contributed by atoms with E-state index in [-0.39, 0.29) is 0 Å². The Labute approximate surface area is 136 Å². The van der Waals surface area contributed by atoms with E-state index in [2.05, 4.69) is 0 Å². The van der Waals surface area contributed by atoms with Crippen molar-refractivity contribution in [3.05, 3.63) is 26.3 Å². The van der Waals surface area contributed by atoms with Gasteiger partial charge in [0.15, 0.2) is 5.09 Å². The van der Waals surface area contributed by atoms with E-state index in [0.717, 1.165) is 17.5 Å². The van der Waals surface area contributed by atoms with Crippen molar-refractivity contribution in [1.29, 1.82) is 0 Å².